The van der Waals surface area contributed by atoms with E-state index >= 15 is 0 Å². The van der Waals surface area contributed by atoms with Gasteiger partial charge in [-0.05, 0) is 31.8 Å². The maximum Gasteiger partial charge on any atom is 0.0197 e. The first-order chi connectivity index (χ1) is 4.36. The summed E-state index contributed by atoms with van der Waals surface area (Å²) < 4.78 is 0. The van der Waals surface area contributed by atoms with Crippen molar-refractivity contribution in [1.29, 1.82) is 0 Å². The van der Waals surface area contributed by atoms with Gasteiger partial charge in [0.05, 0.1) is 0 Å². The van der Waals surface area contributed by atoms with Crippen LogP contribution in [0.4, 0.5) is 0 Å². The molecule has 0 amide bonds. The molecule has 3 aliphatic heterocycles. The van der Waals surface area contributed by atoms with Crippen LogP contribution in [0.5, 0.6) is 0 Å². The van der Waals surface area contributed by atoms with E-state index in [1.165, 1.54) is 25.9 Å². The molecule has 0 radical (unpaired) electrons. The van der Waals surface area contributed by atoms with Crippen molar-refractivity contribution in [2.45, 2.75) is 18.9 Å². The van der Waals surface area contributed by atoms with Gasteiger partial charge in [-0.15, -0.1) is 17.0 Å². The van der Waals surface area contributed by atoms with Crippen LogP contribution in [0.3, 0.4) is 0 Å². The number of nitrogens with zero attached hydrogens (tertiary/aromatic N) is 1. The number of nitrogens with two attached hydrogens (primary N) is 1. The van der Waals surface area contributed by atoms with Crippen LogP contribution in [-0.2, 0) is 0 Å². The summed E-state index contributed by atoms with van der Waals surface area (Å²) in [6, 6.07) is 0.493. The van der Waals surface area contributed by atoms with Crippen molar-refractivity contribution in [3.05, 3.63) is 0 Å². The van der Waals surface area contributed by atoms with Gasteiger partial charge in [-0.25, -0.2) is 0 Å². The summed E-state index contributed by atoms with van der Waals surface area (Å²) >= 11 is 0. The first-order valence-corrected chi connectivity index (χ1v) is 3.84. The van der Waals surface area contributed by atoms with E-state index in [-0.39, 0.29) is 17.0 Å². The normalized spacial score (nSPS) is 44.7. The highest BCUT2D eigenvalue weighted by Crippen LogP contribution is 2.25. The van der Waals surface area contributed by atoms with E-state index in [4.69, 9.17) is 5.73 Å². The maximum atomic E-state index is 5.88. The molecule has 3 aliphatic rings. The van der Waals surface area contributed by atoms with Gasteiger partial charge in [0.2, 0.25) is 0 Å². The summed E-state index contributed by atoms with van der Waals surface area (Å²) in [5, 5.41) is 0. The third-order valence-corrected chi connectivity index (χ3v) is 2.71. The van der Waals surface area contributed by atoms with E-state index in [1.807, 2.05) is 0 Å². The van der Waals surface area contributed by atoms with E-state index in [2.05, 4.69) is 4.90 Å². The zero-order valence-electron chi connectivity index (χ0n) is 6.12. The second-order valence-electron chi connectivity index (χ2n) is 3.30. The quantitative estimate of drug-likeness (QED) is 0.630. The molecular weight excluding hydrogens is 192 g/mol. The van der Waals surface area contributed by atoms with Gasteiger partial charge in [-0.3, -0.25) is 0 Å². The summed E-state index contributed by atoms with van der Waals surface area (Å²) in [4.78, 5) is 2.48. The lowest BCUT2D eigenvalue weighted by molar-refractivity contribution is 0.0896. The lowest BCUT2D eigenvalue weighted by atomic mass is 9.85. The second kappa shape index (κ2) is 3.20. The van der Waals surface area contributed by atoms with Crippen LogP contribution in [0, 0.1) is 5.92 Å². The van der Waals surface area contributed by atoms with Crippen molar-refractivity contribution in [3.63, 3.8) is 0 Å². The van der Waals surface area contributed by atoms with Crippen molar-refractivity contribution in [2.24, 2.45) is 11.7 Å². The van der Waals surface area contributed by atoms with Crippen LogP contribution < -0.4 is 5.73 Å². The minimum Gasteiger partial charge on any atom is -0.326 e. The van der Waals surface area contributed by atoms with Crippen LogP contribution in [0.2, 0.25) is 0 Å². The Morgan fingerprint density at radius 1 is 1.20 bits per heavy atom. The Morgan fingerprint density at radius 3 is 2.00 bits per heavy atom. The van der Waals surface area contributed by atoms with Crippen molar-refractivity contribution in [2.75, 3.05) is 19.6 Å². The van der Waals surface area contributed by atoms with E-state index in [1.54, 1.807) is 0 Å². The number of hydrogen-bond donors (Lipinski definition) is 1. The highest BCUT2D eigenvalue weighted by atomic mass is 79.9. The molecule has 10 heavy (non-hydrogen) atoms. The summed E-state index contributed by atoms with van der Waals surface area (Å²) in [5.41, 5.74) is 5.88. The molecule has 3 rings (SSSR count). The van der Waals surface area contributed by atoms with Gasteiger partial charge in [0.15, 0.2) is 0 Å². The lowest BCUT2D eigenvalue weighted by Crippen LogP contribution is -2.54. The third kappa shape index (κ3) is 1.36. The zero-order valence-corrected chi connectivity index (χ0v) is 7.84. The minimum atomic E-state index is 0. The van der Waals surface area contributed by atoms with E-state index < -0.39 is 0 Å². The van der Waals surface area contributed by atoms with Crippen LogP contribution in [-0.4, -0.2) is 30.6 Å². The topological polar surface area (TPSA) is 29.3 Å². The van der Waals surface area contributed by atoms with Crippen LogP contribution in [0.15, 0.2) is 0 Å². The fraction of sp³-hybridized carbons (Fsp3) is 1.00. The fourth-order valence-corrected chi connectivity index (χ4v) is 2.01. The molecule has 2 N–H and O–H groups in total. The molecule has 60 valence electrons. The Labute approximate surface area is 72.5 Å². The third-order valence-electron chi connectivity index (χ3n) is 2.71. The predicted octanol–water partition coefficient (Wildman–Crippen LogP) is 0.617. The Morgan fingerprint density at radius 2 is 1.80 bits per heavy atom. The first-order valence-electron chi connectivity index (χ1n) is 3.84. The number of rotatable bonds is 0. The van der Waals surface area contributed by atoms with Gasteiger partial charge in [-0.2, -0.15) is 0 Å². The Bertz CT molecular complexity index is 110. The summed E-state index contributed by atoms with van der Waals surface area (Å²) in [5.74, 6) is 0.856. The number of piperidine rings is 3. The minimum absolute atomic E-state index is 0. The Kier molecular flexibility index (Phi) is 2.72. The van der Waals surface area contributed by atoms with E-state index in [0.29, 0.717) is 6.04 Å². The fourth-order valence-electron chi connectivity index (χ4n) is 2.01. The van der Waals surface area contributed by atoms with Crippen molar-refractivity contribution in [3.8, 4) is 0 Å². The maximum absolute atomic E-state index is 5.88. The smallest absolute Gasteiger partial charge is 0.0197 e. The predicted molar refractivity (Wildman–Crippen MR) is 47.5 cm³/mol. The number of hydrogen-bond acceptors (Lipinski definition) is 2. The largest absolute Gasteiger partial charge is 0.326 e. The van der Waals surface area contributed by atoms with Gasteiger partial charge in [-0.1, -0.05) is 0 Å². The molecule has 0 aromatic rings. The average molecular weight is 207 g/mol. The van der Waals surface area contributed by atoms with Gasteiger partial charge in [0, 0.05) is 12.6 Å². The number of halogens is 1. The van der Waals surface area contributed by atoms with Crippen molar-refractivity contribution in [1.82, 2.24) is 4.90 Å². The molecular formula is C7H15BrN2. The molecule has 3 fully saturated rings. The molecule has 1 atom stereocenters. The Balaban J connectivity index is 0.000000500. The highest BCUT2D eigenvalue weighted by Gasteiger charge is 2.31. The molecule has 2 nitrogen and oxygen atoms in total. The van der Waals surface area contributed by atoms with Crippen LogP contribution in [0.25, 0.3) is 0 Å². The monoisotopic (exact) mass is 206 g/mol. The second-order valence-corrected chi connectivity index (χ2v) is 3.30. The van der Waals surface area contributed by atoms with Gasteiger partial charge in [0.25, 0.3) is 0 Å². The van der Waals surface area contributed by atoms with Crippen LogP contribution >= 0.6 is 17.0 Å². The standard InChI is InChI=1S/C7H14N2.BrH/c8-7-5-9-3-1-6(7)2-4-9;/h6-7H,1-5,8H2;1H. The molecule has 0 aliphatic carbocycles. The van der Waals surface area contributed by atoms with E-state index in [9.17, 15) is 0 Å². The first kappa shape index (κ1) is 8.50. The molecule has 3 saturated heterocycles. The molecule has 0 spiro atoms. The molecule has 2 bridgehead atoms. The lowest BCUT2D eigenvalue weighted by Gasteiger charge is -2.43. The molecule has 0 aromatic heterocycles. The van der Waals surface area contributed by atoms with Crippen molar-refractivity contribution < 1.29 is 0 Å². The molecule has 0 aromatic carbocycles. The Hall–Kier alpha value is 0.400. The zero-order chi connectivity index (χ0) is 6.27. The highest BCUT2D eigenvalue weighted by molar-refractivity contribution is 8.93. The average Bonchev–Trinajstić information content (AvgIpc) is 1.90. The molecule has 0 saturated carbocycles. The summed E-state index contributed by atoms with van der Waals surface area (Å²) in [6.07, 6.45) is 2.70. The molecule has 1 unspecified atom stereocenters. The van der Waals surface area contributed by atoms with Gasteiger partial charge in [0.1, 0.15) is 0 Å². The van der Waals surface area contributed by atoms with E-state index in [0.717, 1.165) is 12.5 Å². The van der Waals surface area contributed by atoms with Gasteiger partial charge < -0.3 is 10.6 Å². The SMILES string of the molecule is Br.NC1CN2CCC1CC2. The number of fused-ring (bicyclic) bond motifs is 3. The summed E-state index contributed by atoms with van der Waals surface area (Å²) in [6.45, 7) is 3.77. The molecule has 3 heteroatoms. The van der Waals surface area contributed by atoms with Gasteiger partial charge >= 0.3 is 0 Å². The molecule has 3 heterocycles. The summed E-state index contributed by atoms with van der Waals surface area (Å²) in [7, 11) is 0. The van der Waals surface area contributed by atoms with Crippen molar-refractivity contribution >= 4 is 17.0 Å². The van der Waals surface area contributed by atoms with Crippen LogP contribution in [0.1, 0.15) is 12.8 Å².